The Labute approximate surface area is 164 Å². The molecular weight excluding hydrogens is 352 g/mol. The van der Waals surface area contributed by atoms with Crippen LogP contribution in [0.25, 0.3) is 10.8 Å². The van der Waals surface area contributed by atoms with E-state index in [0.29, 0.717) is 29.7 Å². The second-order valence-corrected chi connectivity index (χ2v) is 8.60. The van der Waals surface area contributed by atoms with E-state index in [1.54, 1.807) is 0 Å². The summed E-state index contributed by atoms with van der Waals surface area (Å²) in [5, 5.41) is 15.2. The van der Waals surface area contributed by atoms with Crippen LogP contribution in [0.1, 0.15) is 32.6 Å². The second-order valence-electron chi connectivity index (χ2n) is 8.60. The fraction of sp³-hybridized carbons (Fsp3) is 0.571. The fourth-order valence-corrected chi connectivity index (χ4v) is 4.62. The van der Waals surface area contributed by atoms with Gasteiger partial charge < -0.3 is 15.5 Å². The van der Waals surface area contributed by atoms with Crippen LogP contribution in [0, 0.1) is 11.8 Å². The van der Waals surface area contributed by atoms with Gasteiger partial charge in [0.05, 0.1) is 23.0 Å². The predicted molar refractivity (Wildman–Crippen MR) is 112 cm³/mol. The molecule has 2 fully saturated rings. The number of aliphatic imine (C=N–C) groups is 1. The van der Waals surface area contributed by atoms with Gasteiger partial charge in [0.25, 0.3) is 5.56 Å². The van der Waals surface area contributed by atoms with E-state index in [1.165, 1.54) is 38.8 Å². The molecule has 1 aromatic carbocycles. The number of benzene rings is 1. The third-order valence-electron chi connectivity index (χ3n) is 6.63. The topological polar surface area (TPSA) is 85.4 Å². The standard InChI is InChI=1S/C21H28N6O/c1-13-8-9-27(11-14-4-2-5-14)12-17(13)22-10-18-23-16-7-3-6-15-19(16)20(24-18)25-26-21(15)28/h3,6-7,13-14,17,22H,2,4-5,8-12H2,1H3,(H,26,28)(H,23,24,25). The SMILES string of the molecule is CC1CCN(CC2CCC2)CC1NCC1=Nc2n[nH]c(=O)c3cccc(c23)N1. The van der Waals surface area contributed by atoms with Crippen molar-refractivity contribution >= 4 is 28.1 Å². The van der Waals surface area contributed by atoms with Crippen LogP contribution in [0.3, 0.4) is 0 Å². The van der Waals surface area contributed by atoms with Crippen molar-refractivity contribution in [2.75, 3.05) is 31.5 Å². The molecule has 0 bridgehead atoms. The Balaban J connectivity index is 1.28. The van der Waals surface area contributed by atoms with Gasteiger partial charge >= 0.3 is 0 Å². The fourth-order valence-electron chi connectivity index (χ4n) is 4.62. The number of aromatic amines is 1. The van der Waals surface area contributed by atoms with Gasteiger partial charge in [-0.2, -0.15) is 5.10 Å². The molecule has 1 aromatic heterocycles. The van der Waals surface area contributed by atoms with Crippen LogP contribution in [0.15, 0.2) is 28.0 Å². The first kappa shape index (κ1) is 17.8. The molecule has 1 saturated carbocycles. The van der Waals surface area contributed by atoms with Crippen molar-refractivity contribution in [2.24, 2.45) is 16.8 Å². The number of rotatable bonds is 5. The summed E-state index contributed by atoms with van der Waals surface area (Å²) in [5.41, 5.74) is 0.725. The van der Waals surface area contributed by atoms with Crippen molar-refractivity contribution in [1.29, 1.82) is 0 Å². The first-order valence-electron chi connectivity index (χ1n) is 10.5. The monoisotopic (exact) mass is 380 g/mol. The van der Waals surface area contributed by atoms with Crippen molar-refractivity contribution in [3.05, 3.63) is 28.6 Å². The van der Waals surface area contributed by atoms with Crippen LogP contribution in [0.5, 0.6) is 0 Å². The third kappa shape index (κ3) is 3.33. The number of amidine groups is 1. The van der Waals surface area contributed by atoms with Crippen LogP contribution in [-0.2, 0) is 0 Å². The Bertz CT molecular complexity index is 963. The van der Waals surface area contributed by atoms with Gasteiger partial charge in [0, 0.05) is 19.1 Å². The number of H-pyrrole nitrogens is 1. The van der Waals surface area contributed by atoms with Crippen molar-refractivity contribution in [1.82, 2.24) is 20.4 Å². The largest absolute Gasteiger partial charge is 0.342 e. The molecule has 3 aliphatic rings. The number of nitrogens with zero attached hydrogens (tertiary/aromatic N) is 3. The number of likely N-dealkylation sites (tertiary alicyclic amines) is 1. The van der Waals surface area contributed by atoms with Gasteiger partial charge in [0.1, 0.15) is 5.84 Å². The normalized spacial score (nSPS) is 25.2. The van der Waals surface area contributed by atoms with Crippen LogP contribution < -0.4 is 16.2 Å². The maximum Gasteiger partial charge on any atom is 0.272 e. The minimum absolute atomic E-state index is 0.179. The maximum absolute atomic E-state index is 12.0. The Morgan fingerprint density at radius 1 is 1.29 bits per heavy atom. The molecule has 0 radical (unpaired) electrons. The quantitative estimate of drug-likeness (QED) is 0.742. The summed E-state index contributed by atoms with van der Waals surface area (Å²) in [6, 6.07) is 6.15. The number of aromatic nitrogens is 2. The molecule has 2 atom stereocenters. The zero-order valence-electron chi connectivity index (χ0n) is 16.4. The maximum atomic E-state index is 12.0. The highest BCUT2D eigenvalue weighted by atomic mass is 16.1. The van der Waals surface area contributed by atoms with Crippen molar-refractivity contribution < 1.29 is 0 Å². The van der Waals surface area contributed by atoms with E-state index in [9.17, 15) is 4.79 Å². The van der Waals surface area contributed by atoms with Gasteiger partial charge in [-0.05, 0) is 49.8 Å². The van der Waals surface area contributed by atoms with Gasteiger partial charge in [-0.1, -0.05) is 19.4 Å². The Morgan fingerprint density at radius 3 is 3.00 bits per heavy atom. The van der Waals surface area contributed by atoms with Crippen molar-refractivity contribution in [3.8, 4) is 0 Å². The lowest BCUT2D eigenvalue weighted by Gasteiger charge is -2.40. The van der Waals surface area contributed by atoms with E-state index in [2.05, 4.69) is 37.6 Å². The Kier molecular flexibility index (Phi) is 4.64. The molecule has 3 N–H and O–H groups in total. The van der Waals surface area contributed by atoms with E-state index in [0.717, 1.165) is 29.4 Å². The summed E-state index contributed by atoms with van der Waals surface area (Å²) in [4.78, 5) is 19.3. The van der Waals surface area contributed by atoms with Gasteiger partial charge in [-0.3, -0.25) is 4.79 Å². The molecule has 5 rings (SSSR count). The molecule has 1 aliphatic carbocycles. The summed E-state index contributed by atoms with van der Waals surface area (Å²) < 4.78 is 0. The summed E-state index contributed by atoms with van der Waals surface area (Å²) in [6.45, 7) is 6.61. The molecule has 2 aromatic rings. The number of nitrogens with one attached hydrogen (secondary N) is 3. The Morgan fingerprint density at radius 2 is 2.18 bits per heavy atom. The number of anilines is 1. The van der Waals surface area contributed by atoms with Gasteiger partial charge in [0.2, 0.25) is 0 Å². The minimum Gasteiger partial charge on any atom is -0.342 e. The van der Waals surface area contributed by atoms with E-state index >= 15 is 0 Å². The molecule has 0 amide bonds. The second kappa shape index (κ2) is 7.29. The number of hydrogen-bond donors (Lipinski definition) is 3. The zero-order valence-corrected chi connectivity index (χ0v) is 16.4. The van der Waals surface area contributed by atoms with Gasteiger partial charge in [-0.25, -0.2) is 10.1 Å². The lowest BCUT2D eigenvalue weighted by Crippen LogP contribution is -2.52. The molecular formula is C21H28N6O. The summed E-state index contributed by atoms with van der Waals surface area (Å²) in [6.07, 6.45) is 5.47. The first-order chi connectivity index (χ1) is 13.7. The molecule has 7 heteroatoms. The lowest BCUT2D eigenvalue weighted by molar-refractivity contribution is 0.111. The van der Waals surface area contributed by atoms with E-state index in [4.69, 9.17) is 0 Å². The highest BCUT2D eigenvalue weighted by Gasteiger charge is 2.29. The number of hydrogen-bond acceptors (Lipinski definition) is 6. The van der Waals surface area contributed by atoms with E-state index < -0.39 is 0 Å². The van der Waals surface area contributed by atoms with Crippen molar-refractivity contribution in [2.45, 2.75) is 38.6 Å². The highest BCUT2D eigenvalue weighted by Crippen LogP contribution is 2.32. The lowest BCUT2D eigenvalue weighted by atomic mass is 9.84. The molecule has 28 heavy (non-hydrogen) atoms. The molecule has 7 nitrogen and oxygen atoms in total. The summed E-state index contributed by atoms with van der Waals surface area (Å²) >= 11 is 0. The zero-order chi connectivity index (χ0) is 19.1. The van der Waals surface area contributed by atoms with E-state index in [-0.39, 0.29) is 5.56 Å². The van der Waals surface area contributed by atoms with Gasteiger partial charge in [-0.15, -0.1) is 0 Å². The van der Waals surface area contributed by atoms with E-state index in [1.807, 2.05) is 18.2 Å². The first-order valence-corrected chi connectivity index (χ1v) is 10.5. The molecule has 1 saturated heterocycles. The molecule has 2 aliphatic heterocycles. The Hall–Kier alpha value is -2.25. The van der Waals surface area contributed by atoms with Crippen LogP contribution in [0.2, 0.25) is 0 Å². The third-order valence-corrected chi connectivity index (χ3v) is 6.63. The minimum atomic E-state index is -0.179. The highest BCUT2D eigenvalue weighted by molar-refractivity contribution is 6.12. The van der Waals surface area contributed by atoms with Crippen LogP contribution >= 0.6 is 0 Å². The van der Waals surface area contributed by atoms with Crippen molar-refractivity contribution in [3.63, 3.8) is 0 Å². The smallest absolute Gasteiger partial charge is 0.272 e. The summed E-state index contributed by atoms with van der Waals surface area (Å²) in [5.74, 6) is 3.02. The van der Waals surface area contributed by atoms with Gasteiger partial charge in [0.15, 0.2) is 5.82 Å². The van der Waals surface area contributed by atoms with Crippen LogP contribution in [-0.4, -0.2) is 53.2 Å². The molecule has 148 valence electrons. The average molecular weight is 380 g/mol. The number of piperidine rings is 1. The molecule has 2 unspecified atom stereocenters. The summed E-state index contributed by atoms with van der Waals surface area (Å²) in [7, 11) is 0. The predicted octanol–water partition coefficient (Wildman–Crippen LogP) is 2.48. The molecule has 0 spiro atoms. The average Bonchev–Trinajstić information content (AvgIpc) is 2.67. The van der Waals surface area contributed by atoms with Crippen LogP contribution in [0.4, 0.5) is 11.5 Å². The molecule has 3 heterocycles.